The molecule has 0 radical (unpaired) electrons. The minimum atomic E-state index is -0.430. The summed E-state index contributed by atoms with van der Waals surface area (Å²) in [5.74, 6) is -0.649. The van der Waals surface area contributed by atoms with E-state index in [4.69, 9.17) is 4.84 Å². The molecule has 0 unspecified atom stereocenters. The van der Waals surface area contributed by atoms with Crippen molar-refractivity contribution in [3.63, 3.8) is 0 Å². The molecule has 1 amide bonds. The number of benzene rings is 1. The topological polar surface area (TPSA) is 70.0 Å². The molecular weight excluding hydrogens is 198 g/mol. The summed E-state index contributed by atoms with van der Waals surface area (Å²) in [7, 11) is 0. The minimum absolute atomic E-state index is 0.0527. The molecule has 0 saturated carbocycles. The van der Waals surface area contributed by atoms with Crippen molar-refractivity contribution in [2.75, 3.05) is 13.2 Å². The van der Waals surface area contributed by atoms with E-state index in [-0.39, 0.29) is 17.1 Å². The van der Waals surface area contributed by atoms with Gasteiger partial charge in [0.05, 0.1) is 18.7 Å². The maximum absolute atomic E-state index is 11.7. The van der Waals surface area contributed by atoms with Crippen molar-refractivity contribution in [3.8, 4) is 11.5 Å². The first kappa shape index (κ1) is 9.79. The van der Waals surface area contributed by atoms with Crippen molar-refractivity contribution in [3.05, 3.63) is 23.8 Å². The van der Waals surface area contributed by atoms with Gasteiger partial charge in [0.15, 0.2) is 0 Å². The van der Waals surface area contributed by atoms with Gasteiger partial charge in [0.25, 0.3) is 5.91 Å². The molecule has 0 atom stereocenters. The van der Waals surface area contributed by atoms with Gasteiger partial charge in [0.1, 0.15) is 11.5 Å². The number of hydroxylamine groups is 2. The van der Waals surface area contributed by atoms with Crippen LogP contribution in [0.2, 0.25) is 0 Å². The molecule has 1 saturated heterocycles. The highest BCUT2D eigenvalue weighted by Gasteiger charge is 2.23. The predicted octanol–water partition coefficient (Wildman–Crippen LogP) is 0.875. The van der Waals surface area contributed by atoms with Crippen molar-refractivity contribution in [1.29, 1.82) is 0 Å². The van der Waals surface area contributed by atoms with Crippen LogP contribution in [0.5, 0.6) is 11.5 Å². The summed E-state index contributed by atoms with van der Waals surface area (Å²) in [6, 6.07) is 3.81. The van der Waals surface area contributed by atoms with Gasteiger partial charge in [-0.1, -0.05) is 0 Å². The number of nitrogens with zero attached hydrogens (tertiary/aromatic N) is 1. The number of hydrogen-bond acceptors (Lipinski definition) is 4. The van der Waals surface area contributed by atoms with Gasteiger partial charge in [-0.25, -0.2) is 5.06 Å². The Morgan fingerprint density at radius 2 is 2.20 bits per heavy atom. The summed E-state index contributed by atoms with van der Waals surface area (Å²) >= 11 is 0. The van der Waals surface area contributed by atoms with E-state index >= 15 is 0 Å². The van der Waals surface area contributed by atoms with Gasteiger partial charge in [-0.3, -0.25) is 9.63 Å². The second-order valence-corrected chi connectivity index (χ2v) is 3.30. The second kappa shape index (κ2) is 3.78. The van der Waals surface area contributed by atoms with Crippen LogP contribution in [0.1, 0.15) is 16.8 Å². The average Bonchev–Trinajstić information content (AvgIpc) is 2.74. The summed E-state index contributed by atoms with van der Waals surface area (Å²) in [6.07, 6.45) is 0.783. The zero-order valence-electron chi connectivity index (χ0n) is 8.01. The summed E-state index contributed by atoms with van der Waals surface area (Å²) in [5, 5.41) is 19.8. The summed E-state index contributed by atoms with van der Waals surface area (Å²) < 4.78 is 0. The van der Waals surface area contributed by atoms with Crippen molar-refractivity contribution in [1.82, 2.24) is 5.06 Å². The first-order valence-electron chi connectivity index (χ1n) is 4.65. The maximum Gasteiger partial charge on any atom is 0.281 e. The number of aromatic hydroxyl groups is 2. The van der Waals surface area contributed by atoms with Crippen molar-refractivity contribution < 1.29 is 19.8 Å². The van der Waals surface area contributed by atoms with Gasteiger partial charge >= 0.3 is 0 Å². The Kier molecular flexibility index (Phi) is 2.47. The number of carbonyl (C=O) groups excluding carboxylic acids is 1. The fourth-order valence-electron chi connectivity index (χ4n) is 1.44. The maximum atomic E-state index is 11.7. The van der Waals surface area contributed by atoms with Crippen LogP contribution in [0.15, 0.2) is 18.2 Å². The van der Waals surface area contributed by atoms with Gasteiger partial charge in [0, 0.05) is 0 Å². The fraction of sp³-hybridized carbons (Fsp3) is 0.300. The van der Waals surface area contributed by atoms with Crippen LogP contribution < -0.4 is 0 Å². The molecule has 80 valence electrons. The third-order valence-corrected chi connectivity index (χ3v) is 2.19. The minimum Gasteiger partial charge on any atom is -0.508 e. The molecule has 1 aliphatic rings. The van der Waals surface area contributed by atoms with E-state index in [1.54, 1.807) is 0 Å². The number of carbonyl (C=O) groups is 1. The lowest BCUT2D eigenvalue weighted by molar-refractivity contribution is -0.0769. The predicted molar refractivity (Wildman–Crippen MR) is 51.4 cm³/mol. The van der Waals surface area contributed by atoms with Gasteiger partial charge in [-0.15, -0.1) is 0 Å². The quantitative estimate of drug-likeness (QED) is 0.673. The SMILES string of the molecule is O=C(c1cc(O)ccc1O)N1CCCO1. The largest absolute Gasteiger partial charge is 0.508 e. The van der Waals surface area contributed by atoms with E-state index in [9.17, 15) is 15.0 Å². The number of phenols is 2. The molecule has 1 aromatic carbocycles. The molecule has 0 bridgehead atoms. The molecule has 1 aromatic rings. The van der Waals surface area contributed by atoms with Gasteiger partial charge in [-0.2, -0.15) is 0 Å². The smallest absolute Gasteiger partial charge is 0.281 e. The Bertz CT molecular complexity index is 385. The van der Waals surface area contributed by atoms with Crippen LogP contribution in [0.25, 0.3) is 0 Å². The molecule has 5 nitrogen and oxygen atoms in total. The van der Waals surface area contributed by atoms with Crippen molar-refractivity contribution in [2.24, 2.45) is 0 Å². The molecule has 1 fully saturated rings. The Morgan fingerprint density at radius 3 is 2.87 bits per heavy atom. The van der Waals surface area contributed by atoms with Crippen LogP contribution >= 0.6 is 0 Å². The van der Waals surface area contributed by atoms with Crippen molar-refractivity contribution >= 4 is 5.91 Å². The van der Waals surface area contributed by atoms with Crippen LogP contribution in [0.4, 0.5) is 0 Å². The highest BCUT2D eigenvalue weighted by molar-refractivity contribution is 5.96. The van der Waals surface area contributed by atoms with E-state index in [2.05, 4.69) is 0 Å². The lowest BCUT2D eigenvalue weighted by Crippen LogP contribution is -2.26. The summed E-state index contributed by atoms with van der Waals surface area (Å²) in [6.45, 7) is 1.01. The molecule has 2 rings (SSSR count). The molecule has 1 heterocycles. The van der Waals surface area contributed by atoms with E-state index < -0.39 is 5.91 Å². The third kappa shape index (κ3) is 1.87. The van der Waals surface area contributed by atoms with Crippen LogP contribution in [-0.4, -0.2) is 34.3 Å². The molecule has 0 spiro atoms. The first-order valence-corrected chi connectivity index (χ1v) is 4.65. The van der Waals surface area contributed by atoms with Gasteiger partial charge in [0.2, 0.25) is 0 Å². The molecular formula is C10H11NO4. The third-order valence-electron chi connectivity index (χ3n) is 2.19. The summed E-state index contributed by atoms with van der Waals surface area (Å²) in [5.41, 5.74) is 0.0527. The van der Waals surface area contributed by atoms with Crippen molar-refractivity contribution in [2.45, 2.75) is 6.42 Å². The molecule has 0 aromatic heterocycles. The number of amides is 1. The lowest BCUT2D eigenvalue weighted by atomic mass is 10.1. The van der Waals surface area contributed by atoms with E-state index in [0.29, 0.717) is 13.2 Å². The zero-order valence-corrected chi connectivity index (χ0v) is 8.01. The van der Waals surface area contributed by atoms with Gasteiger partial charge in [-0.05, 0) is 24.6 Å². The molecule has 1 aliphatic heterocycles. The van der Waals surface area contributed by atoms with Crippen LogP contribution in [0, 0.1) is 0 Å². The molecule has 0 aliphatic carbocycles. The van der Waals surface area contributed by atoms with Crippen LogP contribution in [0.3, 0.4) is 0 Å². The second-order valence-electron chi connectivity index (χ2n) is 3.30. The Hall–Kier alpha value is -1.75. The normalized spacial score (nSPS) is 15.6. The first-order chi connectivity index (χ1) is 7.18. The van der Waals surface area contributed by atoms with E-state index in [0.717, 1.165) is 6.42 Å². The fourth-order valence-corrected chi connectivity index (χ4v) is 1.44. The van der Waals surface area contributed by atoms with E-state index in [1.807, 2.05) is 0 Å². The number of phenolic OH excluding ortho intramolecular Hbond substituents is 2. The Labute approximate surface area is 86.5 Å². The highest BCUT2D eigenvalue weighted by atomic mass is 16.7. The Balaban J connectivity index is 2.27. The molecule has 5 heteroatoms. The van der Waals surface area contributed by atoms with Gasteiger partial charge < -0.3 is 10.2 Å². The molecule has 2 N–H and O–H groups in total. The number of rotatable bonds is 1. The lowest BCUT2D eigenvalue weighted by Gasteiger charge is -2.14. The zero-order chi connectivity index (χ0) is 10.8. The summed E-state index contributed by atoms with van der Waals surface area (Å²) in [4.78, 5) is 16.8. The van der Waals surface area contributed by atoms with Crippen LogP contribution in [-0.2, 0) is 4.84 Å². The van der Waals surface area contributed by atoms with E-state index in [1.165, 1.54) is 23.3 Å². The Morgan fingerprint density at radius 1 is 1.40 bits per heavy atom. The average molecular weight is 209 g/mol. The monoisotopic (exact) mass is 209 g/mol. The number of hydrogen-bond donors (Lipinski definition) is 2. The standard InChI is InChI=1S/C10H11NO4/c12-7-2-3-9(13)8(6-7)10(14)11-4-1-5-15-11/h2-3,6,12-13H,1,4-5H2. The highest BCUT2D eigenvalue weighted by Crippen LogP contribution is 2.24. The molecule has 15 heavy (non-hydrogen) atoms.